The van der Waals surface area contributed by atoms with Crippen molar-refractivity contribution in [2.24, 2.45) is 23.2 Å². The minimum atomic E-state index is -0.265. The minimum Gasteiger partial charge on any atom is -0.458 e. The summed E-state index contributed by atoms with van der Waals surface area (Å²) in [6.45, 7) is 10.4. The molecule has 2 saturated carbocycles. The maximum Gasteiger partial charge on any atom is 0.338 e. The van der Waals surface area contributed by atoms with Crippen molar-refractivity contribution in [3.05, 3.63) is 47.5 Å². The summed E-state index contributed by atoms with van der Waals surface area (Å²) in [4.78, 5) is 24.8. The molecule has 6 atom stereocenters. The summed E-state index contributed by atoms with van der Waals surface area (Å²) in [5, 5.41) is 0. The van der Waals surface area contributed by atoms with E-state index in [2.05, 4.69) is 20.4 Å². The predicted octanol–water partition coefficient (Wildman–Crippen LogP) is 4.46. The third-order valence-electron chi connectivity index (χ3n) is 7.20. The van der Waals surface area contributed by atoms with Gasteiger partial charge in [0.2, 0.25) is 0 Å². The van der Waals surface area contributed by atoms with Crippen LogP contribution in [0.15, 0.2) is 36.4 Å². The van der Waals surface area contributed by atoms with Crippen molar-refractivity contribution in [1.82, 2.24) is 0 Å². The van der Waals surface area contributed by atoms with Gasteiger partial charge in [-0.3, -0.25) is 0 Å². The maximum absolute atomic E-state index is 12.7. The monoisotopic (exact) mass is 368 g/mol. The number of fused-ring (bicyclic) bond motifs is 3. The summed E-state index contributed by atoms with van der Waals surface area (Å²) in [6.07, 6.45) is 3.60. The lowest BCUT2D eigenvalue weighted by atomic mass is 9.53. The summed E-state index contributed by atoms with van der Waals surface area (Å²) in [5.74, 6) is -0.0589. The van der Waals surface area contributed by atoms with Gasteiger partial charge < -0.3 is 9.47 Å². The van der Waals surface area contributed by atoms with Gasteiger partial charge in [-0.25, -0.2) is 9.59 Å². The average Bonchev–Trinajstić information content (AvgIpc) is 2.91. The van der Waals surface area contributed by atoms with E-state index >= 15 is 0 Å². The molecule has 0 radical (unpaired) electrons. The molecular weight excluding hydrogens is 340 g/mol. The zero-order chi connectivity index (χ0) is 19.3. The van der Waals surface area contributed by atoms with E-state index in [1.54, 1.807) is 6.07 Å². The Morgan fingerprint density at radius 1 is 1.30 bits per heavy atom. The number of carbonyl (C=O) groups is 2. The lowest BCUT2D eigenvalue weighted by molar-refractivity contribution is -0.159. The lowest BCUT2D eigenvalue weighted by Crippen LogP contribution is -2.53. The third-order valence-corrected chi connectivity index (χ3v) is 7.20. The van der Waals surface area contributed by atoms with Crippen LogP contribution in [0.3, 0.4) is 0 Å². The van der Waals surface area contributed by atoms with E-state index in [0.717, 1.165) is 31.2 Å². The molecule has 0 amide bonds. The Morgan fingerprint density at radius 3 is 2.78 bits per heavy atom. The van der Waals surface area contributed by atoms with Gasteiger partial charge in [-0.2, -0.15) is 0 Å². The molecule has 0 aromatic heterocycles. The van der Waals surface area contributed by atoms with Gasteiger partial charge in [0.15, 0.2) is 0 Å². The van der Waals surface area contributed by atoms with Crippen molar-refractivity contribution >= 4 is 11.9 Å². The molecule has 0 spiro atoms. The van der Waals surface area contributed by atoms with Crippen molar-refractivity contribution in [2.45, 2.75) is 58.7 Å². The first-order valence-corrected chi connectivity index (χ1v) is 9.97. The highest BCUT2D eigenvalue weighted by atomic mass is 16.6. The van der Waals surface area contributed by atoms with Crippen LogP contribution in [0.1, 0.15) is 55.5 Å². The summed E-state index contributed by atoms with van der Waals surface area (Å²) in [7, 11) is 0. The van der Waals surface area contributed by atoms with E-state index in [4.69, 9.17) is 9.47 Å². The molecule has 1 aliphatic heterocycles. The Kier molecular flexibility index (Phi) is 4.40. The highest BCUT2D eigenvalue weighted by Crippen LogP contribution is 2.58. The second-order valence-electron chi connectivity index (χ2n) is 8.93. The van der Waals surface area contributed by atoms with Gasteiger partial charge in [-0.1, -0.05) is 38.1 Å². The molecule has 0 N–H and O–H groups in total. The quantitative estimate of drug-likeness (QED) is 0.571. The van der Waals surface area contributed by atoms with Gasteiger partial charge in [0.25, 0.3) is 0 Å². The second kappa shape index (κ2) is 6.50. The van der Waals surface area contributed by atoms with Gasteiger partial charge in [-0.15, -0.1) is 0 Å². The molecule has 3 fully saturated rings. The molecule has 1 aromatic carbocycles. The predicted molar refractivity (Wildman–Crippen MR) is 102 cm³/mol. The van der Waals surface area contributed by atoms with E-state index in [9.17, 15) is 9.59 Å². The largest absolute Gasteiger partial charge is 0.458 e. The summed E-state index contributed by atoms with van der Waals surface area (Å²) >= 11 is 0. The summed E-state index contributed by atoms with van der Waals surface area (Å²) < 4.78 is 11.7. The number of hydrogen-bond acceptors (Lipinski definition) is 4. The maximum atomic E-state index is 12.7. The van der Waals surface area contributed by atoms with Crippen molar-refractivity contribution in [3.63, 3.8) is 0 Å². The molecule has 1 saturated heterocycles. The fraction of sp³-hybridized carbons (Fsp3) is 0.565. The highest BCUT2D eigenvalue weighted by Gasteiger charge is 2.58. The first-order valence-electron chi connectivity index (χ1n) is 9.97. The number of benzene rings is 1. The zero-order valence-corrected chi connectivity index (χ0v) is 16.4. The molecule has 6 unspecified atom stereocenters. The van der Waals surface area contributed by atoms with E-state index in [1.807, 2.05) is 25.1 Å². The van der Waals surface area contributed by atoms with Crippen LogP contribution >= 0.6 is 0 Å². The first kappa shape index (κ1) is 18.3. The van der Waals surface area contributed by atoms with Crippen LogP contribution in [0.5, 0.6) is 0 Å². The summed E-state index contributed by atoms with van der Waals surface area (Å²) in [5.41, 5.74) is 2.38. The molecule has 4 rings (SSSR count). The standard InChI is InChI=1S/C23H28O4/c1-13-6-5-7-16(12-13)22(25)26-18-9-11-23(4)10-8-17-14(2)21(24)27-20(17)19(23)15(18)3/h5-7,12,15,17-20H,2,8-11H2,1,3-4H3. The number of aryl methyl sites for hydroxylation is 1. The molecule has 4 nitrogen and oxygen atoms in total. The van der Waals surface area contributed by atoms with Gasteiger partial charge in [0.05, 0.1) is 5.56 Å². The first-order chi connectivity index (χ1) is 12.8. The van der Waals surface area contributed by atoms with Gasteiger partial charge in [-0.05, 0) is 50.2 Å². The van der Waals surface area contributed by atoms with E-state index in [1.165, 1.54) is 0 Å². The van der Waals surface area contributed by atoms with Gasteiger partial charge in [0.1, 0.15) is 12.2 Å². The Hall–Kier alpha value is -2.10. The van der Waals surface area contributed by atoms with Crippen LogP contribution in [-0.4, -0.2) is 24.1 Å². The third kappa shape index (κ3) is 2.99. The molecule has 1 heterocycles. The van der Waals surface area contributed by atoms with Crippen molar-refractivity contribution < 1.29 is 19.1 Å². The molecular formula is C23H28O4. The average molecular weight is 368 g/mol. The number of ether oxygens (including phenoxy) is 2. The van der Waals surface area contributed by atoms with Crippen LogP contribution < -0.4 is 0 Å². The topological polar surface area (TPSA) is 52.6 Å². The van der Waals surface area contributed by atoms with Crippen molar-refractivity contribution in [2.75, 3.05) is 0 Å². The molecule has 2 aliphatic carbocycles. The molecule has 4 heteroatoms. The van der Waals surface area contributed by atoms with Crippen molar-refractivity contribution in [3.8, 4) is 0 Å². The molecule has 144 valence electrons. The van der Waals surface area contributed by atoms with E-state index < -0.39 is 0 Å². The van der Waals surface area contributed by atoms with Crippen molar-refractivity contribution in [1.29, 1.82) is 0 Å². The van der Waals surface area contributed by atoms with Crippen LogP contribution in [0.2, 0.25) is 0 Å². The number of carbonyl (C=O) groups excluding carboxylic acids is 2. The fourth-order valence-corrected chi connectivity index (χ4v) is 5.68. The number of esters is 2. The van der Waals surface area contributed by atoms with Gasteiger partial charge in [0, 0.05) is 23.3 Å². The fourth-order valence-electron chi connectivity index (χ4n) is 5.68. The molecule has 3 aliphatic rings. The summed E-state index contributed by atoms with van der Waals surface area (Å²) in [6, 6.07) is 7.50. The Bertz CT molecular complexity index is 797. The second-order valence-corrected chi connectivity index (χ2v) is 8.93. The minimum absolute atomic E-state index is 0.115. The Labute approximate surface area is 160 Å². The molecule has 27 heavy (non-hydrogen) atoms. The van der Waals surface area contributed by atoms with Crippen LogP contribution in [0.4, 0.5) is 0 Å². The highest BCUT2D eigenvalue weighted by molar-refractivity contribution is 5.91. The van der Waals surface area contributed by atoms with Gasteiger partial charge >= 0.3 is 11.9 Å². The Morgan fingerprint density at radius 2 is 2.04 bits per heavy atom. The van der Waals surface area contributed by atoms with Crippen LogP contribution in [-0.2, 0) is 14.3 Å². The normalized spacial score (nSPS) is 38.0. The zero-order valence-electron chi connectivity index (χ0n) is 16.4. The molecule has 0 bridgehead atoms. The van der Waals surface area contributed by atoms with E-state index in [-0.39, 0.29) is 47.3 Å². The molecule has 1 aromatic rings. The SMILES string of the molecule is C=C1C(=O)OC2C1CCC1(C)CCC(OC(=O)c3cccc(C)c3)C(C)C21. The lowest BCUT2D eigenvalue weighted by Gasteiger charge is -2.54. The number of hydrogen-bond donors (Lipinski definition) is 0. The van der Waals surface area contributed by atoms with Crippen LogP contribution in [0, 0.1) is 30.1 Å². The van der Waals surface area contributed by atoms with Crippen LogP contribution in [0.25, 0.3) is 0 Å². The number of rotatable bonds is 2. The van der Waals surface area contributed by atoms with E-state index in [0.29, 0.717) is 11.1 Å². The Balaban J connectivity index is 1.55. The smallest absolute Gasteiger partial charge is 0.338 e.